The van der Waals surface area contributed by atoms with Crippen molar-refractivity contribution in [1.82, 2.24) is 5.43 Å². The zero-order valence-electron chi connectivity index (χ0n) is 21.7. The van der Waals surface area contributed by atoms with Gasteiger partial charge in [0, 0.05) is 17.5 Å². The molecule has 10 heteroatoms. The molecule has 0 bridgehead atoms. The van der Waals surface area contributed by atoms with E-state index in [1.54, 1.807) is 104 Å². The molecule has 4 rings (SSSR count). The Hall–Kier alpha value is -4.47. The quantitative estimate of drug-likeness (QED) is 0.119. The van der Waals surface area contributed by atoms with E-state index in [1.807, 2.05) is 0 Å². The molecule has 0 spiro atoms. The third kappa shape index (κ3) is 6.93. The van der Waals surface area contributed by atoms with Crippen molar-refractivity contribution in [1.29, 1.82) is 0 Å². The lowest BCUT2D eigenvalue weighted by Gasteiger charge is -2.26. The van der Waals surface area contributed by atoms with E-state index < -0.39 is 21.9 Å². The van der Waals surface area contributed by atoms with Crippen molar-refractivity contribution >= 4 is 45.4 Å². The number of hydrogen-bond acceptors (Lipinski definition) is 6. The van der Waals surface area contributed by atoms with Gasteiger partial charge in [0.2, 0.25) is 0 Å². The van der Waals surface area contributed by atoms with E-state index in [9.17, 15) is 18.0 Å². The minimum absolute atomic E-state index is 0.0296. The Morgan fingerprint density at radius 2 is 1.60 bits per heavy atom. The van der Waals surface area contributed by atoms with Gasteiger partial charge in [0.1, 0.15) is 5.75 Å². The number of esters is 1. The number of rotatable bonds is 9. The van der Waals surface area contributed by atoms with Gasteiger partial charge in [0.15, 0.2) is 0 Å². The third-order valence-corrected chi connectivity index (χ3v) is 8.09. The molecule has 1 amide bonds. The summed E-state index contributed by atoms with van der Waals surface area (Å²) < 4.78 is 33.6. The van der Waals surface area contributed by atoms with Gasteiger partial charge in [0.05, 0.1) is 23.3 Å². The largest absolute Gasteiger partial charge is 0.427 e. The summed E-state index contributed by atoms with van der Waals surface area (Å²) in [7, 11) is -3.91. The van der Waals surface area contributed by atoms with Crippen LogP contribution in [0.2, 0.25) is 5.02 Å². The van der Waals surface area contributed by atoms with Gasteiger partial charge in [-0.15, -0.1) is 0 Å². The molecular formula is C30H26ClN3O5S. The lowest BCUT2D eigenvalue weighted by atomic mass is 10.1. The molecule has 0 saturated heterocycles. The number of hydrogen-bond donors (Lipinski definition) is 1. The molecule has 204 valence electrons. The number of benzene rings is 4. The Labute approximate surface area is 237 Å². The van der Waals surface area contributed by atoms with Crippen molar-refractivity contribution in [3.05, 3.63) is 124 Å². The summed E-state index contributed by atoms with van der Waals surface area (Å²) in [6.07, 6.45) is 1.46. The second-order valence-corrected chi connectivity index (χ2v) is 11.0. The lowest BCUT2D eigenvalue weighted by Crippen LogP contribution is -2.31. The van der Waals surface area contributed by atoms with Crippen LogP contribution in [0.15, 0.2) is 107 Å². The maximum atomic E-state index is 13.7. The molecule has 40 heavy (non-hydrogen) atoms. The second-order valence-electron chi connectivity index (χ2n) is 8.77. The molecule has 1 N–H and O–H groups in total. The van der Waals surface area contributed by atoms with Crippen molar-refractivity contribution in [3.8, 4) is 5.75 Å². The van der Waals surface area contributed by atoms with Gasteiger partial charge in [-0.25, -0.2) is 13.8 Å². The number of amides is 1. The first-order chi connectivity index (χ1) is 19.1. The summed E-state index contributed by atoms with van der Waals surface area (Å²) in [5.74, 6) is -0.432. The molecule has 0 radical (unpaired) electrons. The number of carbonyl (C=O) groups is 2. The van der Waals surface area contributed by atoms with E-state index in [2.05, 4.69) is 10.5 Å². The third-order valence-electron chi connectivity index (χ3n) is 5.90. The van der Waals surface area contributed by atoms with Crippen LogP contribution in [0.25, 0.3) is 0 Å². The topological polar surface area (TPSA) is 105 Å². The van der Waals surface area contributed by atoms with Gasteiger partial charge in [-0.2, -0.15) is 5.10 Å². The number of ether oxygens (including phenoxy) is 1. The Balaban J connectivity index is 1.49. The average molecular weight is 576 g/mol. The zero-order valence-corrected chi connectivity index (χ0v) is 23.3. The van der Waals surface area contributed by atoms with E-state index in [0.29, 0.717) is 38.7 Å². The van der Waals surface area contributed by atoms with Crippen LogP contribution in [0.4, 0.5) is 5.69 Å². The fraction of sp³-hybridized carbons (Fsp3) is 0.100. The van der Waals surface area contributed by atoms with E-state index in [4.69, 9.17) is 16.3 Å². The van der Waals surface area contributed by atoms with Crippen LogP contribution in [0.1, 0.15) is 34.0 Å². The fourth-order valence-electron chi connectivity index (χ4n) is 3.83. The van der Waals surface area contributed by atoms with Gasteiger partial charge in [0.25, 0.3) is 15.9 Å². The van der Waals surface area contributed by atoms with Crippen LogP contribution in [0.5, 0.6) is 5.75 Å². The Morgan fingerprint density at radius 3 is 2.25 bits per heavy atom. The molecular weight excluding hydrogens is 550 g/mol. The maximum absolute atomic E-state index is 13.7. The molecule has 0 heterocycles. The first-order valence-corrected chi connectivity index (χ1v) is 14.0. The van der Waals surface area contributed by atoms with Crippen LogP contribution < -0.4 is 14.5 Å². The van der Waals surface area contributed by atoms with Crippen molar-refractivity contribution in [3.63, 3.8) is 0 Å². The normalized spacial score (nSPS) is 11.3. The first kappa shape index (κ1) is 28.5. The predicted octanol–water partition coefficient (Wildman–Crippen LogP) is 5.73. The number of anilines is 1. The van der Waals surface area contributed by atoms with Gasteiger partial charge in [-0.1, -0.05) is 48.0 Å². The van der Waals surface area contributed by atoms with Gasteiger partial charge < -0.3 is 4.74 Å². The monoisotopic (exact) mass is 575 g/mol. The number of halogens is 1. The highest BCUT2D eigenvalue weighted by Gasteiger charge is 2.27. The molecule has 0 aliphatic carbocycles. The number of nitrogens with one attached hydrogen (secondary N) is 1. The summed E-state index contributed by atoms with van der Waals surface area (Å²) in [6.45, 7) is 3.12. The smallest absolute Gasteiger partial charge is 0.308 e. The molecule has 4 aromatic carbocycles. The van der Waals surface area contributed by atoms with Crippen LogP contribution in [-0.2, 0) is 21.4 Å². The van der Waals surface area contributed by atoms with Gasteiger partial charge >= 0.3 is 5.97 Å². The minimum atomic E-state index is -3.91. The highest BCUT2D eigenvalue weighted by Crippen LogP contribution is 2.32. The first-order valence-electron chi connectivity index (χ1n) is 12.2. The Bertz CT molecular complexity index is 1640. The summed E-state index contributed by atoms with van der Waals surface area (Å²) in [5, 5.41) is 4.43. The van der Waals surface area contributed by atoms with E-state index >= 15 is 0 Å². The van der Waals surface area contributed by atoms with Crippen LogP contribution in [0, 0.1) is 6.92 Å². The predicted molar refractivity (Wildman–Crippen MR) is 155 cm³/mol. The number of sulfonamides is 1. The van der Waals surface area contributed by atoms with Crippen molar-refractivity contribution in [2.24, 2.45) is 5.10 Å². The minimum Gasteiger partial charge on any atom is -0.427 e. The summed E-state index contributed by atoms with van der Waals surface area (Å²) in [6, 6.07) is 26.5. The maximum Gasteiger partial charge on any atom is 0.308 e. The molecule has 8 nitrogen and oxygen atoms in total. The SMILES string of the molecule is CC(=O)Oc1ccc(/C=N\NC(=O)c2ccc(CN(c3cccc(Cl)c3C)S(=O)(=O)c3ccccc3)cc2)cc1. The van der Waals surface area contributed by atoms with Crippen molar-refractivity contribution in [2.45, 2.75) is 25.3 Å². The molecule has 0 atom stereocenters. The standard InChI is InChI=1S/C30H26ClN3O5S/c1-21-28(31)9-6-10-29(21)34(40(37,38)27-7-4-3-5-8-27)20-24-11-15-25(16-12-24)30(36)33-32-19-23-13-17-26(18-14-23)39-22(2)35/h3-19H,20H2,1-2H3,(H,33,36)/b32-19-. The van der Waals surface area contributed by atoms with Gasteiger partial charge in [-0.3, -0.25) is 13.9 Å². The van der Waals surface area contributed by atoms with Gasteiger partial charge in [-0.05, 0) is 84.3 Å². The molecule has 0 fully saturated rings. The second kappa shape index (κ2) is 12.6. The van der Waals surface area contributed by atoms with Crippen LogP contribution in [0.3, 0.4) is 0 Å². The number of nitrogens with zero attached hydrogens (tertiary/aromatic N) is 2. The van der Waals surface area contributed by atoms with Crippen LogP contribution in [-0.4, -0.2) is 26.5 Å². The molecule has 0 aromatic heterocycles. The van der Waals surface area contributed by atoms with Crippen molar-refractivity contribution in [2.75, 3.05) is 4.31 Å². The number of carbonyl (C=O) groups excluding carboxylic acids is 2. The Kier molecular flexibility index (Phi) is 8.98. The molecule has 4 aromatic rings. The lowest BCUT2D eigenvalue weighted by molar-refractivity contribution is -0.131. The number of hydrazone groups is 1. The van der Waals surface area contributed by atoms with Crippen molar-refractivity contribution < 1.29 is 22.7 Å². The van der Waals surface area contributed by atoms with E-state index in [1.165, 1.54) is 17.4 Å². The van der Waals surface area contributed by atoms with Crippen LogP contribution >= 0.6 is 11.6 Å². The molecule has 0 aliphatic rings. The van der Waals surface area contributed by atoms with E-state index in [0.717, 1.165) is 0 Å². The summed E-state index contributed by atoms with van der Waals surface area (Å²) >= 11 is 6.32. The fourth-order valence-corrected chi connectivity index (χ4v) is 5.53. The molecule has 0 unspecified atom stereocenters. The highest BCUT2D eigenvalue weighted by molar-refractivity contribution is 7.92. The zero-order chi connectivity index (χ0) is 28.7. The Morgan fingerprint density at radius 1 is 0.925 bits per heavy atom. The molecule has 0 saturated carbocycles. The molecule has 0 aliphatic heterocycles. The summed E-state index contributed by atoms with van der Waals surface area (Å²) in [4.78, 5) is 23.8. The van der Waals surface area contributed by atoms with E-state index in [-0.39, 0.29) is 11.4 Å². The highest BCUT2D eigenvalue weighted by atomic mass is 35.5. The summed E-state index contributed by atoms with van der Waals surface area (Å²) in [5.41, 5.74) is 5.29. The average Bonchev–Trinajstić information content (AvgIpc) is 2.95.